The number of para-hydroxylation sites is 1. The second-order valence-electron chi connectivity index (χ2n) is 7.35. The molecule has 0 spiro atoms. The quantitative estimate of drug-likeness (QED) is 0.649. The van der Waals surface area contributed by atoms with Gasteiger partial charge in [0.1, 0.15) is 6.10 Å². The second-order valence-corrected chi connectivity index (χ2v) is 7.79. The molecule has 1 aliphatic carbocycles. The zero-order valence-electron chi connectivity index (χ0n) is 16.3. The van der Waals surface area contributed by atoms with Crippen molar-refractivity contribution < 1.29 is 9.53 Å². The lowest BCUT2D eigenvalue weighted by atomic mass is 9.93. The van der Waals surface area contributed by atoms with E-state index in [1.165, 1.54) is 23.3 Å². The van der Waals surface area contributed by atoms with Crippen molar-refractivity contribution >= 4 is 28.4 Å². The molecule has 1 amide bonds. The van der Waals surface area contributed by atoms with E-state index in [0.717, 1.165) is 25.7 Å². The molecule has 8 nitrogen and oxygen atoms in total. The van der Waals surface area contributed by atoms with Gasteiger partial charge in [-0.1, -0.05) is 23.7 Å². The van der Waals surface area contributed by atoms with Crippen LogP contribution in [0.2, 0.25) is 5.02 Å². The molecular formula is C21H22ClN5O3. The zero-order chi connectivity index (χ0) is 20.9. The number of benzene rings is 1. The molecule has 4 rings (SSSR count). The number of fused-ring (bicyclic) bond motifs is 1. The lowest BCUT2D eigenvalue weighted by molar-refractivity contribution is -0.122. The molecule has 1 aromatic carbocycles. The molecule has 9 heteroatoms. The van der Waals surface area contributed by atoms with Crippen LogP contribution in [0.25, 0.3) is 10.9 Å². The fraction of sp³-hybridized carbons (Fsp3) is 0.381. The summed E-state index contributed by atoms with van der Waals surface area (Å²) in [5.41, 5.74) is 0.529. The van der Waals surface area contributed by atoms with Gasteiger partial charge in [-0.3, -0.25) is 14.2 Å². The van der Waals surface area contributed by atoms with E-state index in [1.807, 2.05) is 12.1 Å². The van der Waals surface area contributed by atoms with Gasteiger partial charge >= 0.3 is 6.01 Å². The highest BCUT2D eigenvalue weighted by molar-refractivity contribution is 6.30. The van der Waals surface area contributed by atoms with Crippen LogP contribution in [0.4, 0.5) is 0 Å². The van der Waals surface area contributed by atoms with Crippen molar-refractivity contribution in [1.82, 2.24) is 24.8 Å². The number of rotatable bonds is 6. The Bertz CT molecular complexity index is 1080. The van der Waals surface area contributed by atoms with E-state index in [0.29, 0.717) is 28.5 Å². The molecule has 3 aromatic rings. The normalized spacial score (nSPS) is 18.8. The van der Waals surface area contributed by atoms with Gasteiger partial charge in [-0.2, -0.15) is 0 Å². The number of aryl methyl sites for hydroxylation is 1. The highest BCUT2D eigenvalue weighted by Crippen LogP contribution is 2.22. The van der Waals surface area contributed by atoms with Crippen LogP contribution >= 0.6 is 11.6 Å². The third-order valence-corrected chi connectivity index (χ3v) is 5.41. The topological polar surface area (TPSA) is 99.0 Å². The van der Waals surface area contributed by atoms with Crippen molar-refractivity contribution in [3.8, 4) is 6.01 Å². The molecule has 0 aliphatic heterocycles. The van der Waals surface area contributed by atoms with Crippen LogP contribution in [0.3, 0.4) is 0 Å². The smallest absolute Gasteiger partial charge is 0.316 e. The summed E-state index contributed by atoms with van der Waals surface area (Å²) in [5, 5.41) is 4.09. The predicted molar refractivity (Wildman–Crippen MR) is 112 cm³/mol. The minimum Gasteiger partial charge on any atom is -0.460 e. The van der Waals surface area contributed by atoms with Gasteiger partial charge in [0.05, 0.1) is 34.6 Å². The van der Waals surface area contributed by atoms with Gasteiger partial charge in [0.2, 0.25) is 5.91 Å². The summed E-state index contributed by atoms with van der Waals surface area (Å²) < 4.78 is 7.26. The number of aromatic nitrogens is 4. The largest absolute Gasteiger partial charge is 0.460 e. The maximum absolute atomic E-state index is 12.5. The molecule has 1 saturated carbocycles. The fourth-order valence-corrected chi connectivity index (χ4v) is 3.72. The van der Waals surface area contributed by atoms with Gasteiger partial charge in [0.15, 0.2) is 0 Å². The first-order valence-corrected chi connectivity index (χ1v) is 10.3. The standard InChI is InChI=1S/C21H22ClN5O3/c22-14-11-23-21(24-12-14)30-16-7-5-15(6-8-16)26-19(28)9-10-27-13-25-18-4-2-1-3-17(18)20(27)29/h1-4,11-13,15-16H,5-10H2,(H,26,28). The monoisotopic (exact) mass is 427 g/mol. The fourth-order valence-electron chi connectivity index (χ4n) is 3.62. The number of amides is 1. The van der Waals surface area contributed by atoms with Crippen molar-refractivity contribution in [3.63, 3.8) is 0 Å². The average molecular weight is 428 g/mol. The number of nitrogens with one attached hydrogen (secondary N) is 1. The van der Waals surface area contributed by atoms with E-state index in [9.17, 15) is 9.59 Å². The molecule has 156 valence electrons. The van der Waals surface area contributed by atoms with Crippen LogP contribution in [0.5, 0.6) is 6.01 Å². The summed E-state index contributed by atoms with van der Waals surface area (Å²) >= 11 is 5.78. The predicted octanol–water partition coefficient (Wildman–Crippen LogP) is 2.74. The van der Waals surface area contributed by atoms with E-state index in [2.05, 4.69) is 20.3 Å². The lowest BCUT2D eigenvalue weighted by Gasteiger charge is -2.28. The van der Waals surface area contributed by atoms with Crippen LogP contribution in [0, 0.1) is 0 Å². The highest BCUT2D eigenvalue weighted by Gasteiger charge is 2.24. The van der Waals surface area contributed by atoms with Gasteiger partial charge in [0.25, 0.3) is 5.56 Å². The first-order valence-electron chi connectivity index (χ1n) is 9.96. The molecule has 0 unspecified atom stereocenters. The molecule has 2 aromatic heterocycles. The number of carbonyl (C=O) groups is 1. The highest BCUT2D eigenvalue weighted by atomic mass is 35.5. The number of nitrogens with zero attached hydrogens (tertiary/aromatic N) is 4. The summed E-state index contributed by atoms with van der Waals surface area (Å²) in [6, 6.07) is 7.62. The van der Waals surface area contributed by atoms with E-state index in [1.54, 1.807) is 12.1 Å². The number of ether oxygens (including phenoxy) is 1. The van der Waals surface area contributed by atoms with Crippen LogP contribution in [0.15, 0.2) is 47.8 Å². The van der Waals surface area contributed by atoms with E-state index < -0.39 is 0 Å². The number of halogens is 1. The molecule has 2 heterocycles. The molecule has 1 fully saturated rings. The molecule has 0 saturated heterocycles. The average Bonchev–Trinajstić information content (AvgIpc) is 2.76. The Morgan fingerprint density at radius 2 is 1.87 bits per heavy atom. The Hall–Kier alpha value is -3.00. The Kier molecular flexibility index (Phi) is 6.23. The number of hydrogen-bond acceptors (Lipinski definition) is 6. The molecular weight excluding hydrogens is 406 g/mol. The molecule has 1 aliphatic rings. The van der Waals surface area contributed by atoms with Gasteiger partial charge in [-0.25, -0.2) is 15.0 Å². The second kappa shape index (κ2) is 9.21. The summed E-state index contributed by atoms with van der Waals surface area (Å²) in [5.74, 6) is -0.0690. The van der Waals surface area contributed by atoms with Gasteiger partial charge < -0.3 is 10.1 Å². The third-order valence-electron chi connectivity index (χ3n) is 5.22. The summed E-state index contributed by atoms with van der Waals surface area (Å²) in [6.07, 6.45) is 8.03. The van der Waals surface area contributed by atoms with Crippen molar-refractivity contribution in [3.05, 3.63) is 58.4 Å². The first kappa shape index (κ1) is 20.3. The van der Waals surface area contributed by atoms with Crippen molar-refractivity contribution in [2.75, 3.05) is 0 Å². The van der Waals surface area contributed by atoms with Crippen LogP contribution in [0.1, 0.15) is 32.1 Å². The molecule has 30 heavy (non-hydrogen) atoms. The Balaban J connectivity index is 1.24. The van der Waals surface area contributed by atoms with Crippen molar-refractivity contribution in [2.45, 2.75) is 50.8 Å². The summed E-state index contributed by atoms with van der Waals surface area (Å²) in [7, 11) is 0. The molecule has 1 N–H and O–H groups in total. The van der Waals surface area contributed by atoms with Crippen molar-refractivity contribution in [1.29, 1.82) is 0 Å². The van der Waals surface area contributed by atoms with Crippen LogP contribution in [-0.2, 0) is 11.3 Å². The third kappa shape index (κ3) is 4.94. The van der Waals surface area contributed by atoms with Gasteiger partial charge in [-0.05, 0) is 37.8 Å². The Morgan fingerprint density at radius 3 is 2.63 bits per heavy atom. The molecule has 0 radical (unpaired) electrons. The SMILES string of the molecule is O=C(CCn1cnc2ccccc2c1=O)NC1CCC(Oc2ncc(Cl)cn2)CC1. The van der Waals surface area contributed by atoms with E-state index >= 15 is 0 Å². The van der Waals surface area contributed by atoms with Crippen molar-refractivity contribution in [2.24, 2.45) is 0 Å². The minimum absolute atomic E-state index is 0.0292. The summed E-state index contributed by atoms with van der Waals surface area (Å²) in [6.45, 7) is 0.300. The molecule has 0 atom stereocenters. The Labute approximate surface area is 178 Å². The van der Waals surface area contributed by atoms with E-state index in [4.69, 9.17) is 16.3 Å². The number of carbonyl (C=O) groups excluding carboxylic acids is 1. The zero-order valence-corrected chi connectivity index (χ0v) is 17.1. The number of hydrogen-bond donors (Lipinski definition) is 1. The van der Waals surface area contributed by atoms with E-state index in [-0.39, 0.29) is 30.0 Å². The maximum atomic E-state index is 12.5. The molecule has 0 bridgehead atoms. The Morgan fingerprint density at radius 1 is 1.13 bits per heavy atom. The van der Waals surface area contributed by atoms with Crippen LogP contribution < -0.4 is 15.6 Å². The van der Waals surface area contributed by atoms with Gasteiger partial charge in [-0.15, -0.1) is 0 Å². The summed E-state index contributed by atoms with van der Waals surface area (Å²) in [4.78, 5) is 37.2. The maximum Gasteiger partial charge on any atom is 0.316 e. The lowest BCUT2D eigenvalue weighted by Crippen LogP contribution is -2.40. The first-order chi connectivity index (χ1) is 14.6. The van der Waals surface area contributed by atoms with Gasteiger partial charge in [0, 0.05) is 19.0 Å². The van der Waals surface area contributed by atoms with Crippen LogP contribution in [-0.4, -0.2) is 37.6 Å². The minimum atomic E-state index is -0.129.